The third kappa shape index (κ3) is 2.85. The molecule has 0 spiro atoms. The molecular weight excluding hydrogens is 254 g/mol. The number of carbonyl (C=O) groups excluding carboxylic acids is 1. The lowest BCUT2D eigenvalue weighted by atomic mass is 9.75. The monoisotopic (exact) mass is 279 g/mol. The number of amides is 1. The van der Waals surface area contributed by atoms with Gasteiger partial charge in [-0.1, -0.05) is 20.8 Å². The zero-order valence-corrected chi connectivity index (χ0v) is 13.1. The second-order valence-corrected chi connectivity index (χ2v) is 6.91. The smallest absolute Gasteiger partial charge is 0.291 e. The van der Waals surface area contributed by atoms with Gasteiger partial charge >= 0.3 is 0 Å². The van der Waals surface area contributed by atoms with E-state index in [-0.39, 0.29) is 22.7 Å². The number of likely N-dealkylation sites (N-methyl/N-ethyl adjacent to an activating group) is 1. The molecule has 1 aliphatic rings. The van der Waals surface area contributed by atoms with Crippen molar-refractivity contribution in [3.8, 4) is 0 Å². The Kier molecular flexibility index (Phi) is 3.86. The number of rotatable bonds is 4. The molecule has 6 heteroatoms. The molecule has 1 aliphatic carbocycles. The van der Waals surface area contributed by atoms with E-state index in [4.69, 9.17) is 0 Å². The molecule has 112 valence electrons. The first kappa shape index (κ1) is 15.0. The van der Waals surface area contributed by atoms with Crippen molar-refractivity contribution in [1.29, 1.82) is 0 Å². The molecule has 0 aliphatic heterocycles. The van der Waals surface area contributed by atoms with Gasteiger partial charge in [0.2, 0.25) is 5.82 Å². The van der Waals surface area contributed by atoms with Gasteiger partial charge in [-0.25, -0.2) is 4.98 Å². The van der Waals surface area contributed by atoms with E-state index in [1.54, 1.807) is 0 Å². The van der Waals surface area contributed by atoms with E-state index in [0.717, 1.165) is 18.7 Å². The van der Waals surface area contributed by atoms with Crippen LogP contribution in [-0.2, 0) is 5.41 Å². The number of nitrogens with zero attached hydrogens (tertiary/aromatic N) is 3. The summed E-state index contributed by atoms with van der Waals surface area (Å²) in [6.45, 7) is 6.75. The van der Waals surface area contributed by atoms with Crippen molar-refractivity contribution in [2.24, 2.45) is 0 Å². The molecule has 20 heavy (non-hydrogen) atoms. The molecule has 0 aromatic carbocycles. The highest BCUT2D eigenvalue weighted by atomic mass is 16.2. The van der Waals surface area contributed by atoms with Crippen molar-refractivity contribution in [2.75, 3.05) is 20.6 Å². The second kappa shape index (κ2) is 5.16. The fourth-order valence-electron chi connectivity index (χ4n) is 2.39. The summed E-state index contributed by atoms with van der Waals surface area (Å²) in [7, 11) is 4.13. The maximum Gasteiger partial charge on any atom is 0.291 e. The van der Waals surface area contributed by atoms with E-state index in [1.807, 2.05) is 20.8 Å². The van der Waals surface area contributed by atoms with Gasteiger partial charge in [-0.05, 0) is 33.4 Å². The SMILES string of the molecule is CN(C)C1(CNC(=O)c2n[nH]c(C(C)(C)C)n2)CCC1. The van der Waals surface area contributed by atoms with Crippen LogP contribution in [0.2, 0.25) is 0 Å². The Hall–Kier alpha value is -1.43. The highest BCUT2D eigenvalue weighted by molar-refractivity contribution is 5.90. The summed E-state index contributed by atoms with van der Waals surface area (Å²) in [6.07, 6.45) is 3.48. The third-order valence-electron chi connectivity index (χ3n) is 4.21. The summed E-state index contributed by atoms with van der Waals surface area (Å²) in [5.41, 5.74) is -0.0246. The van der Waals surface area contributed by atoms with Gasteiger partial charge in [-0.3, -0.25) is 9.89 Å². The first-order valence-corrected chi connectivity index (χ1v) is 7.13. The molecule has 2 N–H and O–H groups in total. The normalized spacial score (nSPS) is 17.9. The number of H-pyrrole nitrogens is 1. The lowest BCUT2D eigenvalue weighted by Crippen LogP contribution is -2.57. The van der Waals surface area contributed by atoms with Gasteiger partial charge in [-0.2, -0.15) is 0 Å². The third-order valence-corrected chi connectivity index (χ3v) is 4.21. The van der Waals surface area contributed by atoms with Gasteiger partial charge < -0.3 is 10.2 Å². The van der Waals surface area contributed by atoms with Crippen molar-refractivity contribution in [2.45, 2.75) is 51.0 Å². The summed E-state index contributed by atoms with van der Waals surface area (Å²) in [6, 6.07) is 0. The number of nitrogens with one attached hydrogen (secondary N) is 2. The number of aromatic nitrogens is 3. The zero-order chi connectivity index (χ0) is 15.0. The average molecular weight is 279 g/mol. The van der Waals surface area contributed by atoms with Gasteiger partial charge in [0.05, 0.1) is 0 Å². The first-order chi connectivity index (χ1) is 9.24. The topological polar surface area (TPSA) is 73.9 Å². The van der Waals surface area contributed by atoms with E-state index in [9.17, 15) is 4.79 Å². The molecule has 0 saturated heterocycles. The Morgan fingerprint density at radius 2 is 2.05 bits per heavy atom. The Bertz CT molecular complexity index is 482. The predicted octanol–water partition coefficient (Wildman–Crippen LogP) is 1.32. The molecule has 0 unspecified atom stereocenters. The highest BCUT2D eigenvalue weighted by Gasteiger charge is 2.39. The van der Waals surface area contributed by atoms with Gasteiger partial charge in [0.1, 0.15) is 5.82 Å². The van der Waals surface area contributed by atoms with Crippen LogP contribution in [0, 0.1) is 0 Å². The van der Waals surface area contributed by atoms with Crippen LogP contribution in [-0.4, -0.2) is 52.2 Å². The Balaban J connectivity index is 1.97. The molecule has 1 heterocycles. The fraction of sp³-hybridized carbons (Fsp3) is 0.786. The van der Waals surface area contributed by atoms with E-state index < -0.39 is 0 Å². The van der Waals surface area contributed by atoms with Crippen LogP contribution in [0.25, 0.3) is 0 Å². The zero-order valence-electron chi connectivity index (χ0n) is 13.1. The standard InChI is InChI=1S/C14H25N5O/c1-13(2,3)12-16-10(17-18-12)11(20)15-9-14(19(4)5)7-6-8-14/h6-9H2,1-5H3,(H,15,20)(H,16,17,18). The van der Waals surface area contributed by atoms with Crippen LogP contribution in [0.4, 0.5) is 0 Å². The summed E-state index contributed by atoms with van der Waals surface area (Å²) in [5, 5.41) is 9.81. The Morgan fingerprint density at radius 1 is 1.40 bits per heavy atom. The van der Waals surface area contributed by atoms with Gasteiger partial charge in [0.15, 0.2) is 0 Å². The van der Waals surface area contributed by atoms with Gasteiger partial charge in [-0.15, -0.1) is 5.10 Å². The fourth-order valence-corrected chi connectivity index (χ4v) is 2.39. The van der Waals surface area contributed by atoms with Crippen LogP contribution in [0.15, 0.2) is 0 Å². The second-order valence-electron chi connectivity index (χ2n) is 6.91. The molecule has 0 bridgehead atoms. The Labute approximate surface area is 120 Å². The molecule has 1 aromatic rings. The van der Waals surface area contributed by atoms with Gasteiger partial charge in [0, 0.05) is 17.5 Å². The Morgan fingerprint density at radius 3 is 2.45 bits per heavy atom. The van der Waals surface area contributed by atoms with Crippen molar-refractivity contribution in [1.82, 2.24) is 25.4 Å². The summed E-state index contributed by atoms with van der Waals surface area (Å²) in [5.74, 6) is 0.752. The molecule has 0 atom stereocenters. The molecule has 1 saturated carbocycles. The van der Waals surface area contributed by atoms with Crippen LogP contribution >= 0.6 is 0 Å². The quantitative estimate of drug-likeness (QED) is 0.871. The summed E-state index contributed by atoms with van der Waals surface area (Å²) >= 11 is 0. The van der Waals surface area contributed by atoms with Crippen LogP contribution in [0.1, 0.15) is 56.5 Å². The molecular formula is C14H25N5O. The summed E-state index contributed by atoms with van der Waals surface area (Å²) in [4.78, 5) is 18.6. The number of carbonyl (C=O) groups is 1. The number of hydrogen-bond donors (Lipinski definition) is 2. The minimum Gasteiger partial charge on any atom is -0.347 e. The van der Waals surface area contributed by atoms with Crippen molar-refractivity contribution in [3.05, 3.63) is 11.6 Å². The van der Waals surface area contributed by atoms with E-state index >= 15 is 0 Å². The van der Waals surface area contributed by atoms with Crippen molar-refractivity contribution >= 4 is 5.91 Å². The molecule has 0 radical (unpaired) electrons. The minimum absolute atomic E-state index is 0.110. The van der Waals surface area contributed by atoms with E-state index in [1.165, 1.54) is 6.42 Å². The molecule has 1 aromatic heterocycles. The lowest BCUT2D eigenvalue weighted by Gasteiger charge is -2.47. The summed E-state index contributed by atoms with van der Waals surface area (Å²) < 4.78 is 0. The maximum absolute atomic E-state index is 12.1. The largest absolute Gasteiger partial charge is 0.347 e. The predicted molar refractivity (Wildman–Crippen MR) is 77.7 cm³/mol. The molecule has 6 nitrogen and oxygen atoms in total. The number of hydrogen-bond acceptors (Lipinski definition) is 4. The average Bonchev–Trinajstić information content (AvgIpc) is 2.75. The van der Waals surface area contributed by atoms with Crippen LogP contribution in [0.3, 0.4) is 0 Å². The van der Waals surface area contributed by atoms with E-state index in [2.05, 4.69) is 39.5 Å². The molecule has 2 rings (SSSR count). The molecule has 1 fully saturated rings. The highest BCUT2D eigenvalue weighted by Crippen LogP contribution is 2.35. The first-order valence-electron chi connectivity index (χ1n) is 7.13. The van der Waals surface area contributed by atoms with Crippen LogP contribution in [0.5, 0.6) is 0 Å². The lowest BCUT2D eigenvalue weighted by molar-refractivity contribution is 0.0554. The van der Waals surface area contributed by atoms with Crippen LogP contribution < -0.4 is 5.32 Å². The van der Waals surface area contributed by atoms with Gasteiger partial charge in [0.25, 0.3) is 5.91 Å². The molecule has 1 amide bonds. The maximum atomic E-state index is 12.1. The minimum atomic E-state index is -0.204. The number of aromatic amines is 1. The van der Waals surface area contributed by atoms with E-state index in [0.29, 0.717) is 6.54 Å². The van der Waals surface area contributed by atoms with Crippen molar-refractivity contribution < 1.29 is 4.79 Å². The van der Waals surface area contributed by atoms with Crippen molar-refractivity contribution in [3.63, 3.8) is 0 Å².